The fourth-order valence-corrected chi connectivity index (χ4v) is 6.87. The number of thioether (sulfide) groups is 1. The number of carbonyl (C=O) groups excluding carboxylic acids is 2. The number of ketones is 1. The van der Waals surface area contributed by atoms with Crippen LogP contribution in [0.1, 0.15) is 24.8 Å². The molecule has 8 nitrogen and oxygen atoms in total. The van der Waals surface area contributed by atoms with E-state index in [1.165, 1.54) is 35.2 Å². The molecule has 0 bridgehead atoms. The summed E-state index contributed by atoms with van der Waals surface area (Å²) in [4.78, 5) is 27.4. The summed E-state index contributed by atoms with van der Waals surface area (Å²) in [7, 11) is 0. The monoisotopic (exact) mass is 642 g/mol. The van der Waals surface area contributed by atoms with Gasteiger partial charge in [0.1, 0.15) is 5.82 Å². The summed E-state index contributed by atoms with van der Waals surface area (Å²) in [5.74, 6) is -0.664. The van der Waals surface area contributed by atoms with Crippen LogP contribution in [0.15, 0.2) is 75.5 Å². The van der Waals surface area contributed by atoms with E-state index in [0.717, 1.165) is 11.3 Å². The number of aromatic nitrogens is 2. The second kappa shape index (κ2) is 12.7. The Labute approximate surface area is 259 Å². The van der Waals surface area contributed by atoms with Crippen LogP contribution in [0.2, 0.25) is 15.1 Å². The number of nitrogens with zero attached hydrogens (tertiary/aromatic N) is 4. The average molecular weight is 644 g/mol. The molecular weight excluding hydrogens is 623 g/mol. The van der Waals surface area contributed by atoms with Gasteiger partial charge in [-0.1, -0.05) is 100 Å². The van der Waals surface area contributed by atoms with E-state index in [0.29, 0.717) is 40.0 Å². The minimum absolute atomic E-state index is 0.0176. The third kappa shape index (κ3) is 6.30. The van der Waals surface area contributed by atoms with Crippen LogP contribution in [0.3, 0.4) is 0 Å². The van der Waals surface area contributed by atoms with E-state index in [2.05, 4.69) is 21.6 Å². The first kappa shape index (κ1) is 29.2. The van der Waals surface area contributed by atoms with Crippen molar-refractivity contribution in [1.29, 1.82) is 5.26 Å². The van der Waals surface area contributed by atoms with Crippen LogP contribution < -0.4 is 16.0 Å². The summed E-state index contributed by atoms with van der Waals surface area (Å²) in [5, 5.41) is 22.5. The fraction of sp³-hybridized carbons (Fsp3) is 0.179. The van der Waals surface area contributed by atoms with Crippen LogP contribution in [0.25, 0.3) is 6.08 Å². The number of nitrogens with one attached hydrogen (secondary N) is 1. The van der Waals surface area contributed by atoms with Gasteiger partial charge in [0.05, 0.1) is 38.2 Å². The van der Waals surface area contributed by atoms with Crippen molar-refractivity contribution in [2.75, 3.05) is 16.0 Å². The summed E-state index contributed by atoms with van der Waals surface area (Å²) in [6.07, 6.45) is 5.42. The summed E-state index contributed by atoms with van der Waals surface area (Å²) in [5.41, 5.74) is 9.41. The van der Waals surface area contributed by atoms with Gasteiger partial charge in [0.15, 0.2) is 10.1 Å². The molecular formula is C28H21Cl3N6O2S2. The molecule has 0 saturated carbocycles. The number of anilines is 2. The van der Waals surface area contributed by atoms with Crippen molar-refractivity contribution >= 4 is 86.5 Å². The maximum Gasteiger partial charge on any atom is 0.234 e. The molecule has 0 fully saturated rings. The number of carbonyl (C=O) groups is 2. The maximum absolute atomic E-state index is 13.2. The lowest BCUT2D eigenvalue weighted by molar-refractivity contribution is -0.116. The number of halogens is 3. The topological polar surface area (TPSA) is 125 Å². The Morgan fingerprint density at radius 3 is 2.68 bits per heavy atom. The number of rotatable bonds is 7. The first-order chi connectivity index (χ1) is 19.8. The molecule has 1 aromatic heterocycles. The molecule has 2 heterocycles. The largest absolute Gasteiger partial charge is 0.384 e. The Bertz CT molecular complexity index is 1660. The van der Waals surface area contributed by atoms with E-state index in [9.17, 15) is 14.9 Å². The predicted octanol–water partition coefficient (Wildman–Crippen LogP) is 7.08. The van der Waals surface area contributed by atoms with Crippen molar-refractivity contribution in [2.24, 2.45) is 11.7 Å². The minimum atomic E-state index is -0.557. The number of amides is 1. The van der Waals surface area contributed by atoms with Crippen LogP contribution in [0, 0.1) is 17.2 Å². The van der Waals surface area contributed by atoms with Crippen LogP contribution in [0.4, 0.5) is 10.8 Å². The molecule has 1 unspecified atom stereocenters. The van der Waals surface area contributed by atoms with Gasteiger partial charge in [0.25, 0.3) is 0 Å². The number of Topliss-reactive ketones (excluding diaryl/α,β-unsaturated/α-hetero) is 1. The van der Waals surface area contributed by atoms with Gasteiger partial charge in [-0.3, -0.25) is 14.5 Å². The van der Waals surface area contributed by atoms with Gasteiger partial charge in [-0.15, -0.1) is 10.2 Å². The van der Waals surface area contributed by atoms with Gasteiger partial charge in [0.2, 0.25) is 11.0 Å². The van der Waals surface area contributed by atoms with E-state index in [1.807, 2.05) is 42.5 Å². The predicted molar refractivity (Wildman–Crippen MR) is 165 cm³/mol. The molecule has 0 spiro atoms. The summed E-state index contributed by atoms with van der Waals surface area (Å²) < 4.78 is 0.511. The maximum atomic E-state index is 13.2. The molecule has 1 atom stereocenters. The van der Waals surface area contributed by atoms with Gasteiger partial charge in [-0.05, 0) is 30.5 Å². The number of benzene rings is 2. The highest BCUT2D eigenvalue weighted by Crippen LogP contribution is 2.44. The van der Waals surface area contributed by atoms with Gasteiger partial charge in [-0.2, -0.15) is 5.26 Å². The number of allylic oxidation sites excluding steroid dienone is 4. The lowest BCUT2D eigenvalue weighted by atomic mass is 9.79. The fourth-order valence-electron chi connectivity index (χ4n) is 4.59. The highest BCUT2D eigenvalue weighted by molar-refractivity contribution is 8.01. The van der Waals surface area contributed by atoms with Crippen molar-refractivity contribution in [3.05, 3.63) is 91.8 Å². The van der Waals surface area contributed by atoms with Crippen LogP contribution in [-0.2, 0) is 9.59 Å². The van der Waals surface area contributed by atoms with E-state index >= 15 is 0 Å². The van der Waals surface area contributed by atoms with Crippen molar-refractivity contribution in [3.8, 4) is 6.07 Å². The molecule has 3 aromatic rings. The zero-order valence-electron chi connectivity index (χ0n) is 21.2. The molecule has 5 rings (SSSR count). The van der Waals surface area contributed by atoms with Gasteiger partial charge >= 0.3 is 0 Å². The van der Waals surface area contributed by atoms with E-state index in [4.69, 9.17) is 40.5 Å². The van der Waals surface area contributed by atoms with Crippen LogP contribution in [0.5, 0.6) is 0 Å². The van der Waals surface area contributed by atoms with Crippen LogP contribution >= 0.6 is 57.9 Å². The zero-order chi connectivity index (χ0) is 29.1. The normalized spacial score (nSPS) is 17.2. The van der Waals surface area contributed by atoms with Crippen molar-refractivity contribution < 1.29 is 9.59 Å². The Balaban J connectivity index is 1.38. The number of nitriles is 1. The molecule has 208 valence electrons. The second-order valence-electron chi connectivity index (χ2n) is 9.06. The zero-order valence-corrected chi connectivity index (χ0v) is 25.1. The van der Waals surface area contributed by atoms with Gasteiger partial charge < -0.3 is 11.1 Å². The average Bonchev–Trinajstić information content (AvgIpc) is 3.42. The third-order valence-electron chi connectivity index (χ3n) is 6.44. The van der Waals surface area contributed by atoms with E-state index in [1.54, 1.807) is 4.90 Å². The Morgan fingerprint density at radius 2 is 1.93 bits per heavy atom. The molecule has 1 aliphatic heterocycles. The Hall–Kier alpha value is -3.33. The number of nitrogens with two attached hydrogens (primary N) is 1. The molecule has 0 saturated heterocycles. The molecule has 2 aromatic carbocycles. The molecule has 3 N–H and O–H groups in total. The molecule has 41 heavy (non-hydrogen) atoms. The number of hydrogen-bond donors (Lipinski definition) is 2. The van der Waals surface area contributed by atoms with Crippen LogP contribution in [-0.4, -0.2) is 27.6 Å². The highest BCUT2D eigenvalue weighted by atomic mass is 35.5. The SMILES string of the molecule is N#CC1=C(N)N(c2nnc(SCC(=O)Nc3cc(Cl)c(Cl)cc3Cl)s2)C2=C(C(=O)CCC2)C1/C=C/c1ccccc1. The highest BCUT2D eigenvalue weighted by Gasteiger charge is 2.39. The molecule has 1 aliphatic carbocycles. The standard InChI is InChI=1S/C28H21Cl3N6O2S2/c29-18-11-20(31)21(12-19(18)30)34-24(39)14-40-28-36-35-27(41-28)37-22-7-4-8-23(38)25(22)16(17(13-32)26(37)33)10-9-15-5-2-1-3-6-15/h1-3,5-6,9-12,16H,4,7-8,14,33H2,(H,34,39)/b10-9+. The lowest BCUT2D eigenvalue weighted by Gasteiger charge is -2.37. The summed E-state index contributed by atoms with van der Waals surface area (Å²) in [6, 6.07) is 14.8. The van der Waals surface area contributed by atoms with Gasteiger partial charge in [-0.25, -0.2) is 0 Å². The van der Waals surface area contributed by atoms with Crippen molar-refractivity contribution in [1.82, 2.24) is 10.2 Å². The molecule has 0 radical (unpaired) electrons. The Morgan fingerprint density at radius 1 is 1.17 bits per heavy atom. The molecule has 2 aliphatic rings. The molecule has 1 amide bonds. The first-order valence-electron chi connectivity index (χ1n) is 12.4. The van der Waals surface area contributed by atoms with Crippen molar-refractivity contribution in [2.45, 2.75) is 23.6 Å². The third-order valence-corrected chi connectivity index (χ3v) is 9.51. The molecule has 13 heteroatoms. The van der Waals surface area contributed by atoms with E-state index in [-0.39, 0.29) is 43.9 Å². The van der Waals surface area contributed by atoms with E-state index < -0.39 is 5.92 Å². The smallest absolute Gasteiger partial charge is 0.234 e. The summed E-state index contributed by atoms with van der Waals surface area (Å²) in [6.45, 7) is 0. The lowest BCUT2D eigenvalue weighted by Crippen LogP contribution is -2.39. The van der Waals surface area contributed by atoms with Gasteiger partial charge in [0, 0.05) is 23.6 Å². The Kier molecular flexibility index (Phi) is 9.02. The quantitative estimate of drug-likeness (QED) is 0.207. The first-order valence-corrected chi connectivity index (χ1v) is 15.3. The number of hydrogen-bond acceptors (Lipinski definition) is 9. The second-order valence-corrected chi connectivity index (χ2v) is 12.5. The van der Waals surface area contributed by atoms with Crippen molar-refractivity contribution in [3.63, 3.8) is 0 Å². The minimum Gasteiger partial charge on any atom is -0.384 e. The summed E-state index contributed by atoms with van der Waals surface area (Å²) >= 11 is 20.5.